The molecule has 0 unspecified atom stereocenters. The number of aromatic nitrogens is 3. The average Bonchev–Trinajstić information content (AvgIpc) is 3.53. The Bertz CT molecular complexity index is 1780. The molecule has 0 bridgehead atoms. The molecule has 6 rings (SSSR count). The Balaban J connectivity index is 1.23. The fourth-order valence-electron chi connectivity index (χ4n) is 5.30. The Morgan fingerprint density at radius 2 is 1.74 bits per heavy atom. The predicted octanol–water partition coefficient (Wildman–Crippen LogP) is 7.06. The zero-order valence-corrected chi connectivity index (χ0v) is 23.9. The van der Waals surface area contributed by atoms with E-state index in [9.17, 15) is 9.59 Å². The lowest BCUT2D eigenvalue weighted by Gasteiger charge is -2.16. The molecule has 42 heavy (non-hydrogen) atoms. The second-order valence-corrected chi connectivity index (χ2v) is 10.8. The Morgan fingerprint density at radius 1 is 0.952 bits per heavy atom. The number of nitrogens with one attached hydrogen (secondary N) is 2. The highest BCUT2D eigenvalue weighted by Crippen LogP contribution is 2.38. The maximum Gasteiger partial charge on any atom is 0.274 e. The van der Waals surface area contributed by atoms with Crippen molar-refractivity contribution in [3.05, 3.63) is 107 Å². The number of aldehydes is 1. The number of halogens is 1. The van der Waals surface area contributed by atoms with Crippen LogP contribution in [0.25, 0.3) is 22.0 Å². The molecule has 0 spiro atoms. The highest BCUT2D eigenvalue weighted by atomic mass is 35.5. The molecule has 1 fully saturated rings. The molecular formula is C33H29ClN6O2. The van der Waals surface area contributed by atoms with Gasteiger partial charge < -0.3 is 10.6 Å². The minimum absolute atomic E-state index is 0.318. The summed E-state index contributed by atoms with van der Waals surface area (Å²) in [5.41, 5.74) is 6.56. The number of rotatable bonds is 8. The van der Waals surface area contributed by atoms with Gasteiger partial charge in [-0.3, -0.25) is 24.5 Å². The summed E-state index contributed by atoms with van der Waals surface area (Å²) >= 11 is 6.87. The summed E-state index contributed by atoms with van der Waals surface area (Å²) in [5, 5.41) is 7.57. The van der Waals surface area contributed by atoms with Crippen molar-refractivity contribution in [1.82, 2.24) is 19.9 Å². The van der Waals surface area contributed by atoms with Gasteiger partial charge in [0.2, 0.25) is 0 Å². The zero-order valence-electron chi connectivity index (χ0n) is 23.1. The van der Waals surface area contributed by atoms with Gasteiger partial charge >= 0.3 is 0 Å². The van der Waals surface area contributed by atoms with Crippen LogP contribution in [-0.2, 0) is 6.54 Å². The fraction of sp³-hybridized carbons (Fsp3) is 0.182. The van der Waals surface area contributed by atoms with Gasteiger partial charge in [0.25, 0.3) is 5.91 Å². The Hall–Kier alpha value is -4.66. The number of pyridine rings is 3. The Labute approximate surface area is 248 Å². The largest absolute Gasteiger partial charge is 0.338 e. The monoisotopic (exact) mass is 576 g/mol. The van der Waals surface area contributed by atoms with E-state index in [1.54, 1.807) is 30.6 Å². The van der Waals surface area contributed by atoms with Crippen molar-refractivity contribution in [2.75, 3.05) is 23.7 Å². The first-order valence-corrected chi connectivity index (χ1v) is 14.2. The van der Waals surface area contributed by atoms with E-state index in [1.807, 2.05) is 49.4 Å². The molecule has 0 saturated carbocycles. The van der Waals surface area contributed by atoms with Crippen molar-refractivity contribution in [2.45, 2.75) is 26.3 Å². The SMILES string of the molecule is Cc1c(Nc2nccc3cc(C=O)cnc23)cccc1-c1cccc(NC(=O)c2ccc(CN3CCCC3)cn2)c1Cl. The summed E-state index contributed by atoms with van der Waals surface area (Å²) in [6.07, 6.45) is 8.22. The molecule has 0 aliphatic carbocycles. The van der Waals surface area contributed by atoms with Crippen LogP contribution in [0.2, 0.25) is 5.02 Å². The summed E-state index contributed by atoms with van der Waals surface area (Å²) in [4.78, 5) is 40.0. The van der Waals surface area contributed by atoms with Crippen molar-refractivity contribution < 1.29 is 9.59 Å². The van der Waals surface area contributed by atoms with Gasteiger partial charge in [-0.25, -0.2) is 4.98 Å². The molecule has 0 radical (unpaired) electrons. The molecule has 8 nitrogen and oxygen atoms in total. The van der Waals surface area contributed by atoms with Crippen LogP contribution in [0.5, 0.6) is 0 Å². The number of carbonyl (C=O) groups excluding carboxylic acids is 2. The van der Waals surface area contributed by atoms with E-state index in [2.05, 4.69) is 30.5 Å². The van der Waals surface area contributed by atoms with E-state index in [0.717, 1.165) is 59.2 Å². The molecular weight excluding hydrogens is 548 g/mol. The second kappa shape index (κ2) is 12.1. The normalized spacial score (nSPS) is 13.3. The summed E-state index contributed by atoms with van der Waals surface area (Å²) in [6.45, 7) is 5.06. The van der Waals surface area contributed by atoms with Gasteiger partial charge in [-0.05, 0) is 79.9 Å². The van der Waals surface area contributed by atoms with Gasteiger partial charge in [-0.2, -0.15) is 0 Å². The first kappa shape index (κ1) is 27.5. The van der Waals surface area contributed by atoms with Gasteiger partial charge in [0.1, 0.15) is 11.2 Å². The van der Waals surface area contributed by atoms with E-state index in [4.69, 9.17) is 11.6 Å². The predicted molar refractivity (Wildman–Crippen MR) is 167 cm³/mol. The van der Waals surface area contributed by atoms with Crippen LogP contribution in [0.15, 0.2) is 79.3 Å². The highest BCUT2D eigenvalue weighted by molar-refractivity contribution is 6.36. The smallest absolute Gasteiger partial charge is 0.274 e. The maximum atomic E-state index is 13.1. The van der Waals surface area contributed by atoms with Crippen molar-refractivity contribution in [1.29, 1.82) is 0 Å². The molecule has 5 aromatic rings. The molecule has 3 aromatic heterocycles. The first-order valence-electron chi connectivity index (χ1n) is 13.8. The third-order valence-electron chi connectivity index (χ3n) is 7.54. The topological polar surface area (TPSA) is 100 Å². The summed E-state index contributed by atoms with van der Waals surface area (Å²) < 4.78 is 0. The quantitative estimate of drug-likeness (QED) is 0.191. The van der Waals surface area contributed by atoms with E-state index >= 15 is 0 Å². The maximum absolute atomic E-state index is 13.1. The molecule has 0 atom stereocenters. The average molecular weight is 577 g/mol. The molecule has 1 amide bonds. The Kier molecular flexibility index (Phi) is 7.90. The van der Waals surface area contributed by atoms with E-state index in [0.29, 0.717) is 33.3 Å². The molecule has 210 valence electrons. The van der Waals surface area contributed by atoms with Crippen molar-refractivity contribution in [3.63, 3.8) is 0 Å². The number of hydrogen-bond donors (Lipinski definition) is 2. The van der Waals surface area contributed by atoms with Gasteiger partial charge in [-0.1, -0.05) is 41.9 Å². The first-order chi connectivity index (χ1) is 20.5. The van der Waals surface area contributed by atoms with Crippen LogP contribution in [0.1, 0.15) is 44.8 Å². The third kappa shape index (κ3) is 5.72. The standard InChI is InChI=1S/C33H29ClN6O2/c1-21-25(6-4-8-27(21)38-32-31-24(12-13-35-32)16-23(20-41)18-37-31)26-7-5-9-28(30(26)34)39-33(42)29-11-10-22(17-36-29)19-40-14-2-3-15-40/h4-13,16-18,20H,2-3,14-15,19H2,1H3,(H,35,38)(H,39,42). The molecule has 1 aliphatic rings. The van der Waals surface area contributed by atoms with Gasteiger partial charge in [-0.15, -0.1) is 0 Å². The molecule has 4 heterocycles. The number of fused-ring (bicyclic) bond motifs is 1. The van der Waals surface area contributed by atoms with Crippen molar-refractivity contribution in [2.24, 2.45) is 0 Å². The lowest BCUT2D eigenvalue weighted by Crippen LogP contribution is -2.19. The highest BCUT2D eigenvalue weighted by Gasteiger charge is 2.17. The summed E-state index contributed by atoms with van der Waals surface area (Å²) in [7, 11) is 0. The van der Waals surface area contributed by atoms with Gasteiger partial charge in [0.05, 0.1) is 10.7 Å². The van der Waals surface area contributed by atoms with E-state index in [-0.39, 0.29) is 5.91 Å². The summed E-state index contributed by atoms with van der Waals surface area (Å²) in [6, 6.07) is 18.8. The van der Waals surface area contributed by atoms with Crippen LogP contribution < -0.4 is 10.6 Å². The summed E-state index contributed by atoms with van der Waals surface area (Å²) in [5.74, 6) is 0.262. The number of carbonyl (C=O) groups is 2. The van der Waals surface area contributed by atoms with Crippen LogP contribution in [0, 0.1) is 6.92 Å². The Morgan fingerprint density at radius 3 is 2.50 bits per heavy atom. The van der Waals surface area contributed by atoms with Gasteiger partial charge in [0, 0.05) is 47.3 Å². The number of likely N-dealkylation sites (tertiary alicyclic amines) is 1. The number of anilines is 3. The van der Waals surface area contributed by atoms with Crippen LogP contribution in [-0.4, -0.2) is 45.1 Å². The lowest BCUT2D eigenvalue weighted by molar-refractivity contribution is 0.102. The van der Waals surface area contributed by atoms with Crippen molar-refractivity contribution in [3.8, 4) is 11.1 Å². The molecule has 1 saturated heterocycles. The number of amides is 1. The van der Waals surface area contributed by atoms with Crippen LogP contribution in [0.4, 0.5) is 17.2 Å². The van der Waals surface area contributed by atoms with Crippen LogP contribution in [0.3, 0.4) is 0 Å². The molecule has 2 N–H and O–H groups in total. The minimum Gasteiger partial charge on any atom is -0.338 e. The number of hydrogen-bond acceptors (Lipinski definition) is 7. The number of benzene rings is 2. The van der Waals surface area contributed by atoms with E-state index in [1.165, 1.54) is 19.0 Å². The fourth-order valence-corrected chi connectivity index (χ4v) is 5.57. The number of nitrogens with zero attached hydrogens (tertiary/aromatic N) is 4. The minimum atomic E-state index is -0.318. The molecule has 2 aromatic carbocycles. The second-order valence-electron chi connectivity index (χ2n) is 10.4. The van der Waals surface area contributed by atoms with Crippen molar-refractivity contribution >= 4 is 51.9 Å². The zero-order chi connectivity index (χ0) is 29.1. The lowest BCUT2D eigenvalue weighted by atomic mass is 9.98. The molecule has 1 aliphatic heterocycles. The van der Waals surface area contributed by atoms with E-state index < -0.39 is 0 Å². The third-order valence-corrected chi connectivity index (χ3v) is 7.95. The molecule has 9 heteroatoms. The van der Waals surface area contributed by atoms with Gasteiger partial charge in [0.15, 0.2) is 12.1 Å². The van der Waals surface area contributed by atoms with Crippen LogP contribution >= 0.6 is 11.6 Å².